The predicted octanol–water partition coefficient (Wildman–Crippen LogP) is -3.55. The van der Waals surface area contributed by atoms with Crippen molar-refractivity contribution in [2.24, 2.45) is 0 Å². The van der Waals surface area contributed by atoms with E-state index in [0.29, 0.717) is 0 Å². The maximum absolute atomic E-state index is 8.25. The molecule has 0 bridgehead atoms. The summed E-state index contributed by atoms with van der Waals surface area (Å²) in [5.74, 6) is 0. The molecule has 0 fully saturated rings. The molecule has 0 amide bonds. The van der Waals surface area contributed by atoms with Gasteiger partial charge in [-0.2, -0.15) is 0 Å². The van der Waals surface area contributed by atoms with Crippen molar-refractivity contribution < 1.29 is 15.5 Å². The standard InChI is InChI=1S/C3H4N2.BO2.Mg.H2O/c1-2-5-3-4-1;2-1-3;;/h1-3H,(H,4,5);;;1H2/q;-2;+2;. The number of H-pyrrole nitrogens is 1. The molecule has 1 aromatic rings. The molecule has 1 rings (SSSR count). The molecule has 0 spiro atoms. The minimum absolute atomic E-state index is 0. The molecular weight excluding hydrogens is 147 g/mol. The normalized spacial score (nSPS) is 5.40. The Morgan fingerprint density at radius 1 is 1.40 bits per heavy atom. The summed E-state index contributed by atoms with van der Waals surface area (Å²) < 4.78 is 0. The van der Waals surface area contributed by atoms with E-state index in [1.54, 1.807) is 18.7 Å². The number of hydrogen-bond acceptors (Lipinski definition) is 3. The molecule has 51 valence electrons. The van der Waals surface area contributed by atoms with Crippen LogP contribution in [-0.2, 0) is 0 Å². The third-order valence-electron chi connectivity index (χ3n) is 0.406. The first kappa shape index (κ1) is 16.5. The van der Waals surface area contributed by atoms with E-state index in [-0.39, 0.29) is 28.5 Å². The van der Waals surface area contributed by atoms with Gasteiger partial charge in [0.25, 0.3) is 0 Å². The molecule has 0 aliphatic heterocycles. The quantitative estimate of drug-likeness (QED) is 0.390. The summed E-state index contributed by atoms with van der Waals surface area (Å²) in [4.78, 5) is 6.42. The van der Waals surface area contributed by atoms with E-state index in [1.165, 1.54) is 0 Å². The fourth-order valence-electron chi connectivity index (χ4n) is 0.215. The molecular formula is C3H6BMgN2O3. The van der Waals surface area contributed by atoms with E-state index in [2.05, 4.69) is 9.97 Å². The fourth-order valence-corrected chi connectivity index (χ4v) is 0.215. The van der Waals surface area contributed by atoms with Gasteiger partial charge in [-0.3, -0.25) is 0 Å². The second kappa shape index (κ2) is 16.0. The van der Waals surface area contributed by atoms with Crippen LogP contribution >= 0.6 is 0 Å². The van der Waals surface area contributed by atoms with Crippen molar-refractivity contribution in [3.63, 3.8) is 0 Å². The van der Waals surface area contributed by atoms with Gasteiger partial charge >= 0.3 is 23.1 Å². The second-order valence-corrected chi connectivity index (χ2v) is 0.857. The van der Waals surface area contributed by atoms with Crippen LogP contribution in [0.25, 0.3) is 0 Å². The van der Waals surface area contributed by atoms with Gasteiger partial charge in [0.1, 0.15) is 0 Å². The molecule has 0 aliphatic carbocycles. The van der Waals surface area contributed by atoms with Crippen LogP contribution < -0.4 is 10.0 Å². The summed E-state index contributed by atoms with van der Waals surface area (Å²) in [6, 6.07) is 0. The molecule has 1 aromatic heterocycles. The molecule has 10 heavy (non-hydrogen) atoms. The summed E-state index contributed by atoms with van der Waals surface area (Å²) in [6.45, 7) is 0. The average Bonchev–Trinajstić information content (AvgIpc) is 2.17. The zero-order valence-corrected chi connectivity index (χ0v) is 6.69. The monoisotopic (exact) mass is 153 g/mol. The first-order chi connectivity index (χ1) is 3.91. The van der Waals surface area contributed by atoms with Crippen molar-refractivity contribution in [3.8, 4) is 0 Å². The molecule has 1 heterocycles. The summed E-state index contributed by atoms with van der Waals surface area (Å²) in [6.07, 6.45) is 5.08. The number of imidazole rings is 1. The Kier molecular flexibility index (Phi) is 26.3. The molecule has 0 aliphatic rings. The van der Waals surface area contributed by atoms with Crippen molar-refractivity contribution in [2.45, 2.75) is 0 Å². The molecule has 0 saturated carbocycles. The zero-order chi connectivity index (χ0) is 6.24. The van der Waals surface area contributed by atoms with E-state index in [1.807, 2.05) is 0 Å². The van der Waals surface area contributed by atoms with Crippen molar-refractivity contribution in [2.75, 3.05) is 0 Å². The summed E-state index contributed by atoms with van der Waals surface area (Å²) >= 11 is 0. The van der Waals surface area contributed by atoms with E-state index >= 15 is 0 Å². The minimum Gasteiger partial charge on any atom is -0.900 e. The Morgan fingerprint density at radius 3 is 2.00 bits per heavy atom. The summed E-state index contributed by atoms with van der Waals surface area (Å²) in [7, 11) is -0.500. The summed E-state index contributed by atoms with van der Waals surface area (Å²) in [5.41, 5.74) is 0. The van der Waals surface area contributed by atoms with Crippen LogP contribution in [0.5, 0.6) is 0 Å². The van der Waals surface area contributed by atoms with Gasteiger partial charge < -0.3 is 20.5 Å². The molecule has 3 N–H and O–H groups in total. The van der Waals surface area contributed by atoms with Gasteiger partial charge in [0, 0.05) is 12.4 Å². The van der Waals surface area contributed by atoms with Crippen molar-refractivity contribution in [3.05, 3.63) is 18.7 Å². The van der Waals surface area contributed by atoms with Gasteiger partial charge in [-0.05, 0) is 0 Å². The smallest absolute Gasteiger partial charge is 0.900 e. The van der Waals surface area contributed by atoms with Crippen molar-refractivity contribution in [1.82, 2.24) is 9.97 Å². The second-order valence-electron chi connectivity index (χ2n) is 0.857. The van der Waals surface area contributed by atoms with Gasteiger partial charge in [0.2, 0.25) is 0 Å². The SMILES string of the molecule is O.[Mg+2].[O-][B][O-].c1c[nH]cn1. The van der Waals surface area contributed by atoms with Crippen LogP contribution in [0.2, 0.25) is 0 Å². The molecule has 7 heteroatoms. The Balaban J connectivity index is -0.0000000900. The molecule has 5 nitrogen and oxygen atoms in total. The Hall–Kier alpha value is -0.0788. The van der Waals surface area contributed by atoms with Gasteiger partial charge in [-0.15, -0.1) is 0 Å². The average molecular weight is 153 g/mol. The van der Waals surface area contributed by atoms with Gasteiger partial charge in [0.05, 0.1) is 6.33 Å². The van der Waals surface area contributed by atoms with E-state index in [9.17, 15) is 0 Å². The van der Waals surface area contributed by atoms with Crippen LogP contribution in [0.1, 0.15) is 0 Å². The van der Waals surface area contributed by atoms with E-state index < -0.39 is 7.69 Å². The van der Waals surface area contributed by atoms with Crippen LogP contribution in [0.3, 0.4) is 0 Å². The minimum atomic E-state index is -0.500. The Labute approximate surface area is 75.3 Å². The number of aromatic nitrogens is 2. The predicted molar refractivity (Wildman–Crippen MR) is 33.7 cm³/mol. The molecule has 1 radical (unpaired) electrons. The Bertz CT molecular complexity index is 88.6. The number of rotatable bonds is 0. The molecule has 0 aromatic carbocycles. The topological polar surface area (TPSA) is 106 Å². The third-order valence-corrected chi connectivity index (χ3v) is 0.406. The van der Waals surface area contributed by atoms with E-state index in [4.69, 9.17) is 10.0 Å². The number of nitrogens with zero attached hydrogens (tertiary/aromatic N) is 1. The maximum Gasteiger partial charge on any atom is 2.00 e. The van der Waals surface area contributed by atoms with Crippen molar-refractivity contribution >= 4 is 30.7 Å². The van der Waals surface area contributed by atoms with E-state index in [0.717, 1.165) is 0 Å². The number of hydrogen-bond donors (Lipinski definition) is 1. The maximum atomic E-state index is 8.25. The third kappa shape index (κ3) is 15.7. The van der Waals surface area contributed by atoms with Crippen LogP contribution in [-0.4, -0.2) is 46.2 Å². The van der Waals surface area contributed by atoms with Crippen LogP contribution in [0, 0.1) is 0 Å². The van der Waals surface area contributed by atoms with Gasteiger partial charge in [0.15, 0.2) is 0 Å². The Morgan fingerprint density at radius 2 is 1.90 bits per heavy atom. The van der Waals surface area contributed by atoms with Gasteiger partial charge in [-0.1, -0.05) is 0 Å². The fraction of sp³-hybridized carbons (Fsp3) is 0. The van der Waals surface area contributed by atoms with Gasteiger partial charge in [-0.25, -0.2) is 12.7 Å². The van der Waals surface area contributed by atoms with Crippen LogP contribution in [0.15, 0.2) is 18.7 Å². The molecule has 0 unspecified atom stereocenters. The first-order valence-corrected chi connectivity index (χ1v) is 1.90. The zero-order valence-electron chi connectivity index (χ0n) is 5.28. The molecule has 0 saturated heterocycles. The number of aromatic amines is 1. The van der Waals surface area contributed by atoms with Crippen molar-refractivity contribution in [1.29, 1.82) is 0 Å². The summed E-state index contributed by atoms with van der Waals surface area (Å²) in [5, 5.41) is 16.5. The first-order valence-electron chi connectivity index (χ1n) is 1.90. The molecule has 0 atom stereocenters. The van der Waals surface area contributed by atoms with Crippen LogP contribution in [0.4, 0.5) is 0 Å². The largest absolute Gasteiger partial charge is 2.00 e. The number of nitrogens with one attached hydrogen (secondary N) is 1.